The Morgan fingerprint density at radius 1 is 1.30 bits per heavy atom. The van der Waals surface area contributed by atoms with E-state index in [0.29, 0.717) is 12.6 Å². The van der Waals surface area contributed by atoms with Crippen LogP contribution in [0.2, 0.25) is 0 Å². The van der Waals surface area contributed by atoms with Gasteiger partial charge in [-0.3, -0.25) is 0 Å². The highest BCUT2D eigenvalue weighted by Crippen LogP contribution is 2.28. The lowest BCUT2D eigenvalue weighted by Gasteiger charge is -2.33. The molecule has 1 aromatic carbocycles. The fraction of sp³-hybridized carbons (Fsp3) is 0.625. The summed E-state index contributed by atoms with van der Waals surface area (Å²) in [5.41, 5.74) is 7.69. The van der Waals surface area contributed by atoms with Gasteiger partial charge in [0.15, 0.2) is 0 Å². The van der Waals surface area contributed by atoms with Crippen molar-refractivity contribution >= 4 is 0 Å². The van der Waals surface area contributed by atoms with Crippen molar-refractivity contribution in [2.75, 3.05) is 40.3 Å². The predicted molar refractivity (Wildman–Crippen MR) is 83.1 cm³/mol. The molecule has 4 heteroatoms. The zero-order chi connectivity index (χ0) is 14.5. The molecule has 0 spiro atoms. The molecule has 2 N–H and O–H groups in total. The first-order valence-corrected chi connectivity index (χ1v) is 7.49. The van der Waals surface area contributed by atoms with E-state index in [4.69, 9.17) is 10.5 Å². The number of nitrogens with two attached hydrogens (primary N) is 1. The second-order valence-corrected chi connectivity index (χ2v) is 5.66. The van der Waals surface area contributed by atoms with Crippen molar-refractivity contribution in [2.45, 2.75) is 25.4 Å². The monoisotopic (exact) mass is 277 g/mol. The number of para-hydroxylation sites is 1. The molecule has 2 atom stereocenters. The van der Waals surface area contributed by atoms with Gasteiger partial charge in [0.25, 0.3) is 0 Å². The zero-order valence-electron chi connectivity index (χ0n) is 12.9. The van der Waals surface area contributed by atoms with Gasteiger partial charge in [0.2, 0.25) is 0 Å². The Hall–Kier alpha value is -1.10. The molecule has 0 saturated carbocycles. The molecule has 2 unspecified atom stereocenters. The smallest absolute Gasteiger partial charge is 0.124 e. The van der Waals surface area contributed by atoms with Crippen molar-refractivity contribution in [3.8, 4) is 5.75 Å². The van der Waals surface area contributed by atoms with Crippen LogP contribution in [0.25, 0.3) is 0 Å². The van der Waals surface area contributed by atoms with Crippen LogP contribution >= 0.6 is 0 Å². The Morgan fingerprint density at radius 3 is 2.80 bits per heavy atom. The van der Waals surface area contributed by atoms with Crippen LogP contribution < -0.4 is 10.5 Å². The van der Waals surface area contributed by atoms with Crippen molar-refractivity contribution in [2.24, 2.45) is 5.73 Å². The van der Waals surface area contributed by atoms with Crippen LogP contribution in [0.4, 0.5) is 0 Å². The van der Waals surface area contributed by atoms with Gasteiger partial charge >= 0.3 is 0 Å². The molecular weight excluding hydrogens is 250 g/mol. The molecule has 1 aliphatic rings. The number of likely N-dealkylation sites (N-methyl/N-ethyl adjacent to an activating group) is 2. The minimum absolute atomic E-state index is 0.0247. The van der Waals surface area contributed by atoms with Gasteiger partial charge < -0.3 is 20.3 Å². The SMILES string of the molecule is CCOc1ccccc1C(N)C1CN(C)CCCN1C. The van der Waals surface area contributed by atoms with Crippen LogP contribution in [0.5, 0.6) is 5.75 Å². The van der Waals surface area contributed by atoms with E-state index >= 15 is 0 Å². The van der Waals surface area contributed by atoms with Crippen molar-refractivity contribution in [3.63, 3.8) is 0 Å². The summed E-state index contributed by atoms with van der Waals surface area (Å²) in [7, 11) is 4.35. The first-order chi connectivity index (χ1) is 9.63. The highest BCUT2D eigenvalue weighted by Gasteiger charge is 2.28. The van der Waals surface area contributed by atoms with Crippen molar-refractivity contribution in [3.05, 3.63) is 29.8 Å². The van der Waals surface area contributed by atoms with E-state index in [1.807, 2.05) is 25.1 Å². The molecular formula is C16H27N3O. The molecule has 20 heavy (non-hydrogen) atoms. The quantitative estimate of drug-likeness (QED) is 0.910. The summed E-state index contributed by atoms with van der Waals surface area (Å²) in [5.74, 6) is 0.919. The van der Waals surface area contributed by atoms with Crippen LogP contribution in [0, 0.1) is 0 Å². The molecule has 0 aromatic heterocycles. The molecule has 112 valence electrons. The highest BCUT2D eigenvalue weighted by molar-refractivity contribution is 5.36. The van der Waals surface area contributed by atoms with Crippen LogP contribution in [0.15, 0.2) is 24.3 Å². The number of benzene rings is 1. The first kappa shape index (κ1) is 15.3. The third-order valence-corrected chi connectivity index (χ3v) is 4.11. The molecule has 0 bridgehead atoms. The Labute approximate surface area is 122 Å². The summed E-state index contributed by atoms with van der Waals surface area (Å²) in [6.07, 6.45) is 1.20. The van der Waals surface area contributed by atoms with Crippen molar-refractivity contribution in [1.29, 1.82) is 0 Å². The standard InChI is InChI=1S/C16H27N3O/c1-4-20-15-9-6-5-8-13(15)16(17)14-12-18(2)10-7-11-19(14)3/h5-6,8-9,14,16H,4,7,10-12,17H2,1-3H3. The van der Waals surface area contributed by atoms with Gasteiger partial charge in [0, 0.05) is 18.2 Å². The first-order valence-electron chi connectivity index (χ1n) is 7.49. The van der Waals surface area contributed by atoms with Crippen LogP contribution in [0.3, 0.4) is 0 Å². The van der Waals surface area contributed by atoms with E-state index in [1.54, 1.807) is 0 Å². The van der Waals surface area contributed by atoms with Crippen LogP contribution in [-0.4, -0.2) is 56.2 Å². The third-order valence-electron chi connectivity index (χ3n) is 4.11. The normalized spacial score (nSPS) is 23.3. The average Bonchev–Trinajstić information content (AvgIpc) is 2.61. The van der Waals surface area contributed by atoms with E-state index in [1.165, 1.54) is 6.42 Å². The van der Waals surface area contributed by atoms with E-state index in [2.05, 4.69) is 30.0 Å². The molecule has 2 rings (SSSR count). The average molecular weight is 277 g/mol. The number of hydrogen-bond acceptors (Lipinski definition) is 4. The third kappa shape index (κ3) is 3.51. The number of nitrogens with zero attached hydrogens (tertiary/aromatic N) is 2. The number of ether oxygens (including phenoxy) is 1. The van der Waals surface area contributed by atoms with Gasteiger partial charge in [-0.25, -0.2) is 0 Å². The van der Waals surface area contributed by atoms with E-state index in [-0.39, 0.29) is 6.04 Å². The van der Waals surface area contributed by atoms with Crippen LogP contribution in [0.1, 0.15) is 24.9 Å². The molecule has 1 aliphatic heterocycles. The Bertz CT molecular complexity index is 424. The minimum atomic E-state index is -0.0247. The van der Waals surface area contributed by atoms with Gasteiger partial charge in [-0.05, 0) is 46.6 Å². The Balaban J connectivity index is 2.22. The summed E-state index contributed by atoms with van der Waals surface area (Å²) < 4.78 is 5.73. The summed E-state index contributed by atoms with van der Waals surface area (Å²) in [6.45, 7) is 5.91. The maximum Gasteiger partial charge on any atom is 0.124 e. The van der Waals surface area contributed by atoms with E-state index in [0.717, 1.165) is 30.9 Å². The second-order valence-electron chi connectivity index (χ2n) is 5.66. The molecule has 1 heterocycles. The topological polar surface area (TPSA) is 41.7 Å². The highest BCUT2D eigenvalue weighted by atomic mass is 16.5. The molecule has 4 nitrogen and oxygen atoms in total. The number of hydrogen-bond donors (Lipinski definition) is 1. The molecule has 1 saturated heterocycles. The fourth-order valence-electron chi connectivity index (χ4n) is 2.94. The number of rotatable bonds is 4. The maximum absolute atomic E-state index is 6.57. The largest absolute Gasteiger partial charge is 0.494 e. The lowest BCUT2D eigenvalue weighted by atomic mass is 9.98. The van der Waals surface area contributed by atoms with E-state index < -0.39 is 0 Å². The molecule has 0 amide bonds. The van der Waals surface area contributed by atoms with Gasteiger partial charge in [0.05, 0.1) is 12.6 Å². The van der Waals surface area contributed by atoms with Crippen molar-refractivity contribution in [1.82, 2.24) is 9.80 Å². The lowest BCUT2D eigenvalue weighted by Crippen LogP contribution is -2.45. The van der Waals surface area contributed by atoms with Gasteiger partial charge in [-0.15, -0.1) is 0 Å². The molecule has 0 radical (unpaired) electrons. The summed E-state index contributed by atoms with van der Waals surface area (Å²) >= 11 is 0. The van der Waals surface area contributed by atoms with Gasteiger partial charge in [0.1, 0.15) is 5.75 Å². The van der Waals surface area contributed by atoms with Crippen molar-refractivity contribution < 1.29 is 4.74 Å². The van der Waals surface area contributed by atoms with Gasteiger partial charge in [-0.2, -0.15) is 0 Å². The van der Waals surface area contributed by atoms with Crippen LogP contribution in [-0.2, 0) is 0 Å². The Morgan fingerprint density at radius 2 is 2.05 bits per heavy atom. The second kappa shape index (κ2) is 7.07. The summed E-state index contributed by atoms with van der Waals surface area (Å²) in [5, 5.41) is 0. The lowest BCUT2D eigenvalue weighted by molar-refractivity contribution is 0.194. The Kier molecular flexibility index (Phi) is 5.40. The summed E-state index contributed by atoms with van der Waals surface area (Å²) in [4.78, 5) is 4.76. The zero-order valence-corrected chi connectivity index (χ0v) is 12.9. The maximum atomic E-state index is 6.57. The van der Waals surface area contributed by atoms with Gasteiger partial charge in [-0.1, -0.05) is 18.2 Å². The molecule has 0 aliphatic carbocycles. The minimum Gasteiger partial charge on any atom is -0.494 e. The van der Waals surface area contributed by atoms with E-state index in [9.17, 15) is 0 Å². The molecule has 1 aromatic rings. The molecule has 1 fully saturated rings. The predicted octanol–water partition coefficient (Wildman–Crippen LogP) is 1.72. The summed E-state index contributed by atoms with van der Waals surface area (Å²) in [6, 6.07) is 8.45. The fourth-order valence-corrected chi connectivity index (χ4v) is 2.94.